The first-order valence-electron chi connectivity index (χ1n) is 8.86. The molecule has 0 radical (unpaired) electrons. The summed E-state index contributed by atoms with van der Waals surface area (Å²) in [6.07, 6.45) is 2.39. The molecule has 1 aromatic rings. The Morgan fingerprint density at radius 2 is 1.64 bits per heavy atom. The molecule has 1 fully saturated rings. The zero-order chi connectivity index (χ0) is 18.2. The van der Waals surface area contributed by atoms with Crippen LogP contribution >= 0.6 is 0 Å². The van der Waals surface area contributed by atoms with E-state index in [2.05, 4.69) is 6.92 Å². The van der Waals surface area contributed by atoms with Gasteiger partial charge in [0, 0.05) is 33.1 Å². The van der Waals surface area contributed by atoms with Gasteiger partial charge in [-0.2, -0.15) is 0 Å². The SMILES string of the molecule is CCCOc1ccc(OCC(=O)N2CCC(C(=O)N(C)C)CC2)cc1. The molecule has 1 aromatic carbocycles. The van der Waals surface area contributed by atoms with Crippen LogP contribution in [0.1, 0.15) is 26.2 Å². The number of hydrogen-bond acceptors (Lipinski definition) is 4. The number of ether oxygens (including phenoxy) is 2. The zero-order valence-electron chi connectivity index (χ0n) is 15.4. The molecule has 0 N–H and O–H groups in total. The number of carbonyl (C=O) groups is 2. The Labute approximate surface area is 149 Å². The van der Waals surface area contributed by atoms with Gasteiger partial charge < -0.3 is 19.3 Å². The van der Waals surface area contributed by atoms with Crippen LogP contribution in [0.25, 0.3) is 0 Å². The van der Waals surface area contributed by atoms with Crippen LogP contribution in [0, 0.1) is 5.92 Å². The van der Waals surface area contributed by atoms with Crippen molar-refractivity contribution in [1.82, 2.24) is 9.80 Å². The van der Waals surface area contributed by atoms with Gasteiger partial charge in [0.25, 0.3) is 5.91 Å². The van der Waals surface area contributed by atoms with Gasteiger partial charge in [0.2, 0.25) is 5.91 Å². The maximum Gasteiger partial charge on any atom is 0.260 e. The van der Waals surface area contributed by atoms with E-state index in [-0.39, 0.29) is 24.3 Å². The van der Waals surface area contributed by atoms with Crippen LogP contribution in [0.5, 0.6) is 11.5 Å². The van der Waals surface area contributed by atoms with Crippen molar-refractivity contribution in [2.45, 2.75) is 26.2 Å². The van der Waals surface area contributed by atoms with Crippen molar-refractivity contribution in [3.8, 4) is 11.5 Å². The largest absolute Gasteiger partial charge is 0.494 e. The number of carbonyl (C=O) groups excluding carboxylic acids is 2. The van der Waals surface area contributed by atoms with Crippen molar-refractivity contribution in [3.05, 3.63) is 24.3 Å². The Morgan fingerprint density at radius 3 is 2.16 bits per heavy atom. The molecule has 0 spiro atoms. The van der Waals surface area contributed by atoms with Gasteiger partial charge in [-0.3, -0.25) is 9.59 Å². The van der Waals surface area contributed by atoms with Crippen LogP contribution in [0.15, 0.2) is 24.3 Å². The molecule has 1 aliphatic rings. The predicted octanol–water partition coefficient (Wildman–Crippen LogP) is 2.18. The average Bonchev–Trinajstić information content (AvgIpc) is 2.64. The van der Waals surface area contributed by atoms with Gasteiger partial charge in [-0.05, 0) is 43.5 Å². The molecule has 25 heavy (non-hydrogen) atoms. The van der Waals surface area contributed by atoms with Crippen molar-refractivity contribution >= 4 is 11.8 Å². The minimum absolute atomic E-state index is 0.0153. The van der Waals surface area contributed by atoms with Gasteiger partial charge in [0.15, 0.2) is 6.61 Å². The zero-order valence-corrected chi connectivity index (χ0v) is 15.4. The molecule has 0 atom stereocenters. The molecule has 2 rings (SSSR count). The lowest BCUT2D eigenvalue weighted by Gasteiger charge is -2.32. The fraction of sp³-hybridized carbons (Fsp3) is 0.579. The summed E-state index contributed by atoms with van der Waals surface area (Å²) in [5.41, 5.74) is 0. The number of hydrogen-bond donors (Lipinski definition) is 0. The van der Waals surface area contributed by atoms with E-state index in [4.69, 9.17) is 9.47 Å². The molecule has 0 bridgehead atoms. The van der Waals surface area contributed by atoms with E-state index in [1.165, 1.54) is 0 Å². The van der Waals surface area contributed by atoms with Crippen LogP contribution in [0.4, 0.5) is 0 Å². The molecule has 6 nitrogen and oxygen atoms in total. The van der Waals surface area contributed by atoms with Crippen molar-refractivity contribution in [3.63, 3.8) is 0 Å². The van der Waals surface area contributed by atoms with Crippen molar-refractivity contribution in [2.75, 3.05) is 40.4 Å². The maximum absolute atomic E-state index is 12.3. The van der Waals surface area contributed by atoms with E-state index in [0.717, 1.165) is 12.2 Å². The standard InChI is InChI=1S/C19H28N2O4/c1-4-13-24-16-5-7-17(8-6-16)25-14-18(22)21-11-9-15(10-12-21)19(23)20(2)3/h5-8,15H,4,9-14H2,1-3H3. The van der Waals surface area contributed by atoms with Crippen LogP contribution in [-0.2, 0) is 9.59 Å². The molecule has 1 aliphatic heterocycles. The molecular weight excluding hydrogens is 320 g/mol. The number of amides is 2. The Kier molecular flexibility index (Phi) is 7.10. The van der Waals surface area contributed by atoms with Gasteiger partial charge in [0.05, 0.1) is 6.61 Å². The Hall–Kier alpha value is -2.24. The molecule has 0 unspecified atom stereocenters. The summed E-state index contributed by atoms with van der Waals surface area (Å²) >= 11 is 0. The van der Waals surface area contributed by atoms with Crippen LogP contribution in [-0.4, -0.2) is 62.0 Å². The molecule has 1 heterocycles. The third-order valence-electron chi connectivity index (χ3n) is 4.30. The van der Waals surface area contributed by atoms with E-state index in [9.17, 15) is 9.59 Å². The van der Waals surface area contributed by atoms with Gasteiger partial charge >= 0.3 is 0 Å². The van der Waals surface area contributed by atoms with E-state index >= 15 is 0 Å². The molecular formula is C19H28N2O4. The number of likely N-dealkylation sites (tertiary alicyclic amines) is 1. The lowest BCUT2D eigenvalue weighted by Crippen LogP contribution is -2.44. The molecule has 0 aromatic heterocycles. The smallest absolute Gasteiger partial charge is 0.260 e. The summed E-state index contributed by atoms with van der Waals surface area (Å²) in [5, 5.41) is 0. The molecule has 2 amide bonds. The van der Waals surface area contributed by atoms with Gasteiger partial charge in [0.1, 0.15) is 11.5 Å². The Morgan fingerprint density at radius 1 is 1.08 bits per heavy atom. The highest BCUT2D eigenvalue weighted by Crippen LogP contribution is 2.20. The maximum atomic E-state index is 12.3. The highest BCUT2D eigenvalue weighted by atomic mass is 16.5. The van der Waals surface area contributed by atoms with E-state index in [1.807, 2.05) is 12.1 Å². The lowest BCUT2D eigenvalue weighted by atomic mass is 9.95. The van der Waals surface area contributed by atoms with Crippen LogP contribution in [0.3, 0.4) is 0 Å². The summed E-state index contributed by atoms with van der Waals surface area (Å²) in [4.78, 5) is 27.6. The normalized spacial score (nSPS) is 14.9. The third-order valence-corrected chi connectivity index (χ3v) is 4.30. The third kappa shape index (κ3) is 5.66. The topological polar surface area (TPSA) is 59.1 Å². The van der Waals surface area contributed by atoms with E-state index < -0.39 is 0 Å². The van der Waals surface area contributed by atoms with Crippen molar-refractivity contribution in [2.24, 2.45) is 5.92 Å². The summed E-state index contributed by atoms with van der Waals surface area (Å²) < 4.78 is 11.1. The predicted molar refractivity (Wildman–Crippen MR) is 95.7 cm³/mol. The number of nitrogens with zero attached hydrogens (tertiary/aromatic N) is 2. The average molecular weight is 348 g/mol. The minimum atomic E-state index is -0.0398. The monoisotopic (exact) mass is 348 g/mol. The molecule has 0 saturated carbocycles. The summed E-state index contributed by atoms with van der Waals surface area (Å²) in [7, 11) is 3.54. The first-order valence-corrected chi connectivity index (χ1v) is 8.86. The first kappa shape index (κ1) is 19.1. The van der Waals surface area contributed by atoms with Crippen LogP contribution in [0.2, 0.25) is 0 Å². The number of piperidine rings is 1. The highest BCUT2D eigenvalue weighted by molar-refractivity contribution is 5.80. The fourth-order valence-corrected chi connectivity index (χ4v) is 2.83. The Bertz CT molecular complexity index is 563. The minimum Gasteiger partial charge on any atom is -0.494 e. The number of rotatable bonds is 7. The lowest BCUT2D eigenvalue weighted by molar-refractivity contribution is -0.140. The highest BCUT2D eigenvalue weighted by Gasteiger charge is 2.28. The molecule has 138 valence electrons. The fourth-order valence-electron chi connectivity index (χ4n) is 2.83. The second-order valence-electron chi connectivity index (χ2n) is 6.50. The second kappa shape index (κ2) is 9.30. The molecule has 1 saturated heterocycles. The quantitative estimate of drug-likeness (QED) is 0.758. The molecule has 0 aliphatic carbocycles. The second-order valence-corrected chi connectivity index (χ2v) is 6.50. The molecule has 6 heteroatoms. The first-order chi connectivity index (χ1) is 12.0. The van der Waals surface area contributed by atoms with E-state index in [1.54, 1.807) is 36.0 Å². The van der Waals surface area contributed by atoms with Crippen molar-refractivity contribution in [1.29, 1.82) is 0 Å². The summed E-state index contributed by atoms with van der Waals surface area (Å²) in [6.45, 7) is 3.97. The summed E-state index contributed by atoms with van der Waals surface area (Å²) in [6, 6.07) is 7.29. The van der Waals surface area contributed by atoms with Gasteiger partial charge in [-0.15, -0.1) is 0 Å². The Balaban J connectivity index is 1.75. The van der Waals surface area contributed by atoms with Gasteiger partial charge in [-0.1, -0.05) is 6.92 Å². The van der Waals surface area contributed by atoms with Crippen molar-refractivity contribution < 1.29 is 19.1 Å². The number of benzene rings is 1. The summed E-state index contributed by atoms with van der Waals surface area (Å²) in [5.74, 6) is 1.58. The van der Waals surface area contributed by atoms with E-state index in [0.29, 0.717) is 38.3 Å². The van der Waals surface area contributed by atoms with Crippen LogP contribution < -0.4 is 9.47 Å². The van der Waals surface area contributed by atoms with Gasteiger partial charge in [-0.25, -0.2) is 0 Å².